The molecule has 0 bridgehead atoms. The third kappa shape index (κ3) is 2.86. The van der Waals surface area contributed by atoms with Crippen molar-refractivity contribution >= 4 is 0 Å². The highest BCUT2D eigenvalue weighted by atomic mass is 16.5. The highest BCUT2D eigenvalue weighted by Gasteiger charge is 2.45. The molecule has 1 aliphatic carbocycles. The molecule has 0 amide bonds. The molecule has 0 unspecified atom stereocenters. The SMILES string of the molecule is COc1ccc(C)cc1C1(CNCC(C)C)CC1. The minimum absolute atomic E-state index is 0.326. The van der Waals surface area contributed by atoms with Crippen LogP contribution >= 0.6 is 0 Å². The fourth-order valence-corrected chi connectivity index (χ4v) is 2.53. The van der Waals surface area contributed by atoms with Crippen molar-refractivity contribution in [2.75, 3.05) is 20.2 Å². The van der Waals surface area contributed by atoms with Gasteiger partial charge in [-0.2, -0.15) is 0 Å². The Hall–Kier alpha value is -1.02. The van der Waals surface area contributed by atoms with Crippen LogP contribution in [0.25, 0.3) is 0 Å². The number of aryl methyl sites for hydroxylation is 1. The van der Waals surface area contributed by atoms with Crippen molar-refractivity contribution in [2.24, 2.45) is 5.92 Å². The molecule has 2 heteroatoms. The maximum Gasteiger partial charge on any atom is 0.122 e. The van der Waals surface area contributed by atoms with E-state index < -0.39 is 0 Å². The van der Waals surface area contributed by atoms with Gasteiger partial charge in [0.1, 0.15) is 5.75 Å². The zero-order valence-electron chi connectivity index (χ0n) is 12.0. The Labute approximate surface area is 111 Å². The lowest BCUT2D eigenvalue weighted by molar-refractivity contribution is 0.400. The molecular formula is C16H25NO. The Kier molecular flexibility index (Phi) is 3.96. The lowest BCUT2D eigenvalue weighted by Gasteiger charge is -2.20. The van der Waals surface area contributed by atoms with Gasteiger partial charge >= 0.3 is 0 Å². The fraction of sp³-hybridized carbons (Fsp3) is 0.625. The smallest absolute Gasteiger partial charge is 0.122 e. The molecule has 1 saturated carbocycles. The molecule has 100 valence electrons. The second-order valence-corrected chi connectivity index (χ2v) is 6.01. The normalized spacial score (nSPS) is 16.9. The predicted octanol–water partition coefficient (Wildman–Crippen LogP) is 3.28. The van der Waals surface area contributed by atoms with Crippen molar-refractivity contribution in [1.82, 2.24) is 5.32 Å². The summed E-state index contributed by atoms with van der Waals surface area (Å²) in [5.74, 6) is 1.75. The quantitative estimate of drug-likeness (QED) is 0.833. The van der Waals surface area contributed by atoms with Crippen molar-refractivity contribution in [2.45, 2.75) is 39.0 Å². The van der Waals surface area contributed by atoms with Crippen molar-refractivity contribution in [3.8, 4) is 5.75 Å². The van der Waals surface area contributed by atoms with Crippen molar-refractivity contribution in [3.63, 3.8) is 0 Å². The summed E-state index contributed by atoms with van der Waals surface area (Å²) in [4.78, 5) is 0. The second kappa shape index (κ2) is 5.31. The average molecular weight is 247 g/mol. The van der Waals surface area contributed by atoms with Crippen LogP contribution in [0, 0.1) is 12.8 Å². The lowest BCUT2D eigenvalue weighted by atomic mass is 9.93. The molecule has 1 aromatic rings. The lowest BCUT2D eigenvalue weighted by Crippen LogP contribution is -2.30. The van der Waals surface area contributed by atoms with E-state index in [9.17, 15) is 0 Å². The van der Waals surface area contributed by atoms with Crippen molar-refractivity contribution < 1.29 is 4.74 Å². The third-order valence-electron chi connectivity index (χ3n) is 3.80. The third-order valence-corrected chi connectivity index (χ3v) is 3.80. The molecule has 18 heavy (non-hydrogen) atoms. The van der Waals surface area contributed by atoms with Gasteiger partial charge in [0.15, 0.2) is 0 Å². The van der Waals surface area contributed by atoms with E-state index in [0.29, 0.717) is 11.3 Å². The summed E-state index contributed by atoms with van der Waals surface area (Å²) in [5, 5.41) is 3.60. The molecule has 1 fully saturated rings. The van der Waals surface area contributed by atoms with E-state index >= 15 is 0 Å². The van der Waals surface area contributed by atoms with Crippen LogP contribution in [0.1, 0.15) is 37.8 Å². The number of rotatable bonds is 6. The number of benzene rings is 1. The van der Waals surface area contributed by atoms with Crippen LogP contribution in [0.5, 0.6) is 5.75 Å². The summed E-state index contributed by atoms with van der Waals surface area (Å²) in [6.07, 6.45) is 2.55. The molecule has 1 N–H and O–H groups in total. The minimum atomic E-state index is 0.326. The number of nitrogens with one attached hydrogen (secondary N) is 1. The first-order valence-electron chi connectivity index (χ1n) is 6.93. The van der Waals surface area contributed by atoms with Crippen LogP contribution < -0.4 is 10.1 Å². The maximum atomic E-state index is 5.53. The van der Waals surface area contributed by atoms with Crippen LogP contribution in [0.2, 0.25) is 0 Å². The molecule has 0 aromatic heterocycles. The van der Waals surface area contributed by atoms with E-state index in [2.05, 4.69) is 44.3 Å². The van der Waals surface area contributed by atoms with Gasteiger partial charge in [-0.1, -0.05) is 31.5 Å². The molecule has 0 aliphatic heterocycles. The number of methoxy groups -OCH3 is 1. The van der Waals surface area contributed by atoms with Crippen molar-refractivity contribution in [3.05, 3.63) is 29.3 Å². The van der Waals surface area contributed by atoms with Gasteiger partial charge in [0, 0.05) is 17.5 Å². The Morgan fingerprint density at radius 1 is 1.33 bits per heavy atom. The largest absolute Gasteiger partial charge is 0.496 e. The van der Waals surface area contributed by atoms with Crippen LogP contribution in [-0.4, -0.2) is 20.2 Å². The average Bonchev–Trinajstić information content (AvgIpc) is 3.09. The van der Waals surface area contributed by atoms with Gasteiger partial charge in [-0.25, -0.2) is 0 Å². The molecule has 0 saturated heterocycles. The van der Waals surface area contributed by atoms with E-state index in [1.165, 1.54) is 24.0 Å². The summed E-state index contributed by atoms with van der Waals surface area (Å²) in [6, 6.07) is 6.52. The Morgan fingerprint density at radius 2 is 2.06 bits per heavy atom. The van der Waals surface area contributed by atoms with E-state index in [1.807, 2.05) is 0 Å². The Bertz CT molecular complexity index is 408. The van der Waals surface area contributed by atoms with Gasteiger partial charge in [0.25, 0.3) is 0 Å². The Balaban J connectivity index is 2.12. The molecule has 0 heterocycles. The summed E-state index contributed by atoms with van der Waals surface area (Å²) < 4.78 is 5.53. The zero-order valence-corrected chi connectivity index (χ0v) is 12.0. The van der Waals surface area contributed by atoms with Crippen LogP contribution in [0.15, 0.2) is 18.2 Å². The van der Waals surface area contributed by atoms with Gasteiger partial charge < -0.3 is 10.1 Å². The van der Waals surface area contributed by atoms with Gasteiger partial charge in [0.2, 0.25) is 0 Å². The molecule has 0 radical (unpaired) electrons. The summed E-state index contributed by atoms with van der Waals surface area (Å²) >= 11 is 0. The van der Waals surface area contributed by atoms with Gasteiger partial charge in [-0.05, 0) is 38.3 Å². The minimum Gasteiger partial charge on any atom is -0.496 e. The molecule has 2 rings (SSSR count). The highest BCUT2D eigenvalue weighted by molar-refractivity contribution is 5.45. The second-order valence-electron chi connectivity index (χ2n) is 6.01. The number of hydrogen-bond donors (Lipinski definition) is 1. The predicted molar refractivity (Wildman–Crippen MR) is 76.4 cm³/mol. The topological polar surface area (TPSA) is 21.3 Å². The molecule has 0 spiro atoms. The van der Waals surface area contributed by atoms with Gasteiger partial charge in [-0.15, -0.1) is 0 Å². The molecule has 1 aliphatic rings. The molecule has 1 aromatic carbocycles. The summed E-state index contributed by atoms with van der Waals surface area (Å²) in [7, 11) is 1.77. The van der Waals surface area contributed by atoms with E-state index in [-0.39, 0.29) is 0 Å². The van der Waals surface area contributed by atoms with E-state index in [4.69, 9.17) is 4.74 Å². The zero-order chi connectivity index (χ0) is 13.2. The molecule has 2 nitrogen and oxygen atoms in total. The first-order chi connectivity index (χ1) is 8.57. The standard InChI is InChI=1S/C16H25NO/c1-12(2)10-17-11-16(7-8-16)14-9-13(3)5-6-15(14)18-4/h5-6,9,12,17H,7-8,10-11H2,1-4H3. The van der Waals surface area contributed by atoms with Gasteiger partial charge in [-0.3, -0.25) is 0 Å². The summed E-state index contributed by atoms with van der Waals surface area (Å²) in [5.41, 5.74) is 3.04. The molecule has 0 atom stereocenters. The fourth-order valence-electron chi connectivity index (χ4n) is 2.53. The van der Waals surface area contributed by atoms with E-state index in [0.717, 1.165) is 18.8 Å². The first kappa shape index (κ1) is 13.4. The Morgan fingerprint density at radius 3 is 2.61 bits per heavy atom. The number of hydrogen-bond acceptors (Lipinski definition) is 2. The van der Waals surface area contributed by atoms with Crippen LogP contribution in [-0.2, 0) is 5.41 Å². The monoisotopic (exact) mass is 247 g/mol. The molecular weight excluding hydrogens is 222 g/mol. The highest BCUT2D eigenvalue weighted by Crippen LogP contribution is 2.51. The van der Waals surface area contributed by atoms with Crippen molar-refractivity contribution in [1.29, 1.82) is 0 Å². The number of ether oxygens (including phenoxy) is 1. The van der Waals surface area contributed by atoms with Gasteiger partial charge in [0.05, 0.1) is 7.11 Å². The summed E-state index contributed by atoms with van der Waals surface area (Å²) in [6.45, 7) is 8.82. The first-order valence-corrected chi connectivity index (χ1v) is 6.93. The van der Waals surface area contributed by atoms with Crippen LogP contribution in [0.3, 0.4) is 0 Å². The maximum absolute atomic E-state index is 5.53. The van der Waals surface area contributed by atoms with Crippen LogP contribution in [0.4, 0.5) is 0 Å². The van der Waals surface area contributed by atoms with E-state index in [1.54, 1.807) is 7.11 Å².